The molecule has 2 rings (SSSR count). The fourth-order valence-corrected chi connectivity index (χ4v) is 3.34. The van der Waals surface area contributed by atoms with E-state index in [1.54, 1.807) is 26.0 Å². The number of carbonyl (C=O) groups is 1. The van der Waals surface area contributed by atoms with Gasteiger partial charge in [-0.05, 0) is 56.9 Å². The van der Waals surface area contributed by atoms with Gasteiger partial charge >= 0.3 is 0 Å². The van der Waals surface area contributed by atoms with Gasteiger partial charge in [-0.3, -0.25) is 14.5 Å². The normalized spacial score (nSPS) is 12.6. The van der Waals surface area contributed by atoms with Crippen LogP contribution in [0.2, 0.25) is 0 Å². The van der Waals surface area contributed by atoms with Crippen molar-refractivity contribution in [2.75, 3.05) is 27.7 Å². The zero-order chi connectivity index (χ0) is 21.6. The number of nitrogens with zero attached hydrogens (tertiary/aromatic N) is 4. The minimum atomic E-state index is 0.0205. The first-order chi connectivity index (χ1) is 13.7. The minimum Gasteiger partial charge on any atom is -0.356 e. The van der Waals surface area contributed by atoms with Crippen molar-refractivity contribution in [2.45, 2.75) is 39.7 Å². The quantitative estimate of drug-likeness (QED) is 0.553. The molecule has 158 valence electrons. The molecule has 7 nitrogen and oxygen atoms in total. The number of aromatic nitrogens is 2. The summed E-state index contributed by atoms with van der Waals surface area (Å²) in [5.74, 6) is 0.796. The van der Waals surface area contributed by atoms with Crippen LogP contribution < -0.4 is 10.6 Å². The van der Waals surface area contributed by atoms with Crippen LogP contribution >= 0.6 is 0 Å². The first-order valence-corrected chi connectivity index (χ1v) is 9.99. The van der Waals surface area contributed by atoms with E-state index in [1.165, 1.54) is 11.3 Å². The first kappa shape index (κ1) is 22.5. The minimum absolute atomic E-state index is 0.0205. The largest absolute Gasteiger partial charge is 0.356 e. The highest BCUT2D eigenvalue weighted by molar-refractivity contribution is 5.94. The third kappa shape index (κ3) is 6.07. The molecule has 0 saturated heterocycles. The van der Waals surface area contributed by atoms with Crippen LogP contribution in [0.25, 0.3) is 0 Å². The molecule has 0 aliphatic heterocycles. The number of guanidine groups is 1. The van der Waals surface area contributed by atoms with Crippen molar-refractivity contribution in [2.24, 2.45) is 12.0 Å². The van der Waals surface area contributed by atoms with Crippen molar-refractivity contribution in [3.63, 3.8) is 0 Å². The molecule has 0 aliphatic carbocycles. The number of aryl methyl sites for hydroxylation is 2. The summed E-state index contributed by atoms with van der Waals surface area (Å²) in [5.41, 5.74) is 5.39. The van der Waals surface area contributed by atoms with Gasteiger partial charge in [0.2, 0.25) is 0 Å². The van der Waals surface area contributed by atoms with Gasteiger partial charge in [0.15, 0.2) is 5.96 Å². The van der Waals surface area contributed by atoms with Gasteiger partial charge in [0.05, 0.1) is 5.69 Å². The summed E-state index contributed by atoms with van der Waals surface area (Å²) in [7, 11) is 7.29. The van der Waals surface area contributed by atoms with Gasteiger partial charge in [-0.15, -0.1) is 0 Å². The Morgan fingerprint density at radius 3 is 2.62 bits per heavy atom. The molecule has 0 saturated carbocycles. The van der Waals surface area contributed by atoms with Crippen LogP contribution in [-0.2, 0) is 19.9 Å². The Morgan fingerprint density at radius 1 is 1.31 bits per heavy atom. The van der Waals surface area contributed by atoms with Crippen molar-refractivity contribution in [1.29, 1.82) is 0 Å². The van der Waals surface area contributed by atoms with Crippen molar-refractivity contribution in [3.05, 3.63) is 52.3 Å². The number of carbonyl (C=O) groups excluding carboxylic acids is 1. The Kier molecular flexibility index (Phi) is 7.82. The second kappa shape index (κ2) is 10.1. The van der Waals surface area contributed by atoms with Gasteiger partial charge < -0.3 is 15.5 Å². The maximum atomic E-state index is 12.1. The average Bonchev–Trinajstić information content (AvgIpc) is 2.92. The number of rotatable bonds is 7. The Hall–Kier alpha value is -2.83. The monoisotopic (exact) mass is 398 g/mol. The number of hydrogen-bond donors (Lipinski definition) is 2. The molecule has 1 aromatic carbocycles. The fourth-order valence-electron chi connectivity index (χ4n) is 3.34. The SMILES string of the molecule is CN=C(NCCc1cccc(C(=O)N(C)C)c1)NC(C)Cc1c(C)nn(C)c1C. The maximum absolute atomic E-state index is 12.1. The van der Waals surface area contributed by atoms with E-state index in [4.69, 9.17) is 0 Å². The van der Waals surface area contributed by atoms with Crippen LogP contribution in [0.15, 0.2) is 29.3 Å². The van der Waals surface area contributed by atoms with E-state index in [1.807, 2.05) is 36.0 Å². The van der Waals surface area contributed by atoms with Gasteiger partial charge in [-0.2, -0.15) is 5.10 Å². The molecule has 2 aromatic rings. The molecule has 0 aliphatic rings. The Bertz CT molecular complexity index is 868. The summed E-state index contributed by atoms with van der Waals surface area (Å²) in [4.78, 5) is 18.0. The molecule has 1 amide bonds. The number of amides is 1. The van der Waals surface area contributed by atoms with E-state index in [-0.39, 0.29) is 11.9 Å². The third-order valence-corrected chi connectivity index (χ3v) is 5.06. The molecule has 29 heavy (non-hydrogen) atoms. The van der Waals surface area contributed by atoms with Crippen molar-refractivity contribution < 1.29 is 4.79 Å². The van der Waals surface area contributed by atoms with Gasteiger partial charge in [0.25, 0.3) is 5.91 Å². The molecule has 1 heterocycles. The van der Waals surface area contributed by atoms with E-state index in [0.717, 1.165) is 36.6 Å². The lowest BCUT2D eigenvalue weighted by Gasteiger charge is -2.18. The predicted molar refractivity (Wildman–Crippen MR) is 119 cm³/mol. The molecule has 0 spiro atoms. The molecular formula is C22H34N6O. The van der Waals surface area contributed by atoms with Crippen LogP contribution in [0.1, 0.15) is 39.8 Å². The number of hydrogen-bond acceptors (Lipinski definition) is 3. The molecule has 0 radical (unpaired) electrons. The van der Waals surface area contributed by atoms with E-state index >= 15 is 0 Å². The Balaban J connectivity index is 1.88. The standard InChI is InChI=1S/C22H34N6O/c1-15(13-20-16(2)26-28(7)17(20)3)25-22(23-4)24-12-11-18-9-8-10-19(14-18)21(29)27(5)6/h8-10,14-15H,11-13H2,1-7H3,(H2,23,24,25). The number of benzene rings is 1. The Labute approximate surface area is 174 Å². The van der Waals surface area contributed by atoms with Crippen LogP contribution in [0.3, 0.4) is 0 Å². The molecule has 1 atom stereocenters. The smallest absolute Gasteiger partial charge is 0.253 e. The number of aliphatic imine (C=N–C) groups is 1. The van der Waals surface area contributed by atoms with Gasteiger partial charge in [0, 0.05) is 52.0 Å². The average molecular weight is 399 g/mol. The summed E-state index contributed by atoms with van der Waals surface area (Å²) in [6.45, 7) is 7.04. The maximum Gasteiger partial charge on any atom is 0.253 e. The lowest BCUT2D eigenvalue weighted by Crippen LogP contribution is -2.43. The second-order valence-corrected chi connectivity index (χ2v) is 7.67. The molecule has 0 fully saturated rings. The summed E-state index contributed by atoms with van der Waals surface area (Å²) in [6, 6.07) is 8.00. The lowest BCUT2D eigenvalue weighted by molar-refractivity contribution is 0.0827. The Morgan fingerprint density at radius 2 is 2.03 bits per heavy atom. The highest BCUT2D eigenvalue weighted by atomic mass is 16.2. The van der Waals surface area contributed by atoms with E-state index in [9.17, 15) is 4.79 Å². The van der Waals surface area contributed by atoms with Crippen LogP contribution in [0, 0.1) is 13.8 Å². The van der Waals surface area contributed by atoms with Gasteiger partial charge in [0.1, 0.15) is 0 Å². The summed E-state index contributed by atoms with van der Waals surface area (Å²) >= 11 is 0. The van der Waals surface area contributed by atoms with Crippen LogP contribution in [0.5, 0.6) is 0 Å². The van der Waals surface area contributed by atoms with Crippen molar-refractivity contribution in [1.82, 2.24) is 25.3 Å². The topological polar surface area (TPSA) is 74.6 Å². The highest BCUT2D eigenvalue weighted by Gasteiger charge is 2.14. The second-order valence-electron chi connectivity index (χ2n) is 7.67. The van der Waals surface area contributed by atoms with E-state index in [2.05, 4.69) is 41.5 Å². The van der Waals surface area contributed by atoms with E-state index < -0.39 is 0 Å². The molecule has 7 heteroatoms. The molecule has 1 unspecified atom stereocenters. The lowest BCUT2D eigenvalue weighted by atomic mass is 10.1. The summed E-state index contributed by atoms with van der Waals surface area (Å²) in [5, 5.41) is 11.3. The molecule has 1 aromatic heterocycles. The highest BCUT2D eigenvalue weighted by Crippen LogP contribution is 2.14. The summed E-state index contributed by atoms with van der Waals surface area (Å²) < 4.78 is 1.93. The van der Waals surface area contributed by atoms with Crippen molar-refractivity contribution in [3.8, 4) is 0 Å². The van der Waals surface area contributed by atoms with Gasteiger partial charge in [-0.1, -0.05) is 12.1 Å². The molecular weight excluding hydrogens is 364 g/mol. The van der Waals surface area contributed by atoms with Crippen LogP contribution in [-0.4, -0.2) is 60.3 Å². The predicted octanol–water partition coefficient (Wildman–Crippen LogP) is 2.08. The fraction of sp³-hybridized carbons (Fsp3) is 0.500. The van der Waals surface area contributed by atoms with Gasteiger partial charge in [-0.25, -0.2) is 0 Å². The zero-order valence-corrected chi connectivity index (χ0v) is 18.7. The summed E-state index contributed by atoms with van der Waals surface area (Å²) in [6.07, 6.45) is 1.70. The molecule has 2 N–H and O–H groups in total. The van der Waals surface area contributed by atoms with E-state index in [0.29, 0.717) is 5.56 Å². The third-order valence-electron chi connectivity index (χ3n) is 5.06. The first-order valence-electron chi connectivity index (χ1n) is 9.99. The number of nitrogens with one attached hydrogen (secondary N) is 2. The van der Waals surface area contributed by atoms with Crippen LogP contribution in [0.4, 0.5) is 0 Å². The zero-order valence-electron chi connectivity index (χ0n) is 18.7. The van der Waals surface area contributed by atoms with Crippen molar-refractivity contribution >= 4 is 11.9 Å². The molecule has 0 bridgehead atoms.